The summed E-state index contributed by atoms with van der Waals surface area (Å²) in [6, 6.07) is 5.40. The maximum absolute atomic E-state index is 14.2. The molecular weight excluding hydrogens is 443 g/mol. The Morgan fingerprint density at radius 1 is 1.18 bits per heavy atom. The third-order valence-electron chi connectivity index (χ3n) is 6.56. The lowest BCUT2D eigenvalue weighted by Gasteiger charge is -2.42. The first-order valence-electron chi connectivity index (χ1n) is 10.6. The number of hydrogen-bond acceptors (Lipinski definition) is 9. The predicted octanol–water partition coefficient (Wildman–Crippen LogP) is 2.08. The van der Waals surface area contributed by atoms with Crippen LogP contribution in [0.2, 0.25) is 0 Å². The molecule has 0 aromatic carbocycles. The summed E-state index contributed by atoms with van der Waals surface area (Å²) < 4.78 is 14.2. The lowest BCUT2D eigenvalue weighted by Crippen LogP contribution is -2.45. The molecule has 0 unspecified atom stereocenters. The van der Waals surface area contributed by atoms with Crippen molar-refractivity contribution in [2.45, 2.75) is 35.2 Å². The van der Waals surface area contributed by atoms with Gasteiger partial charge in [-0.25, -0.2) is 19.3 Å². The molecule has 1 amide bonds. The molecule has 1 saturated heterocycles. The monoisotopic (exact) mass is 466 g/mol. The molecule has 33 heavy (non-hydrogen) atoms. The van der Waals surface area contributed by atoms with Crippen LogP contribution in [0.1, 0.15) is 40.6 Å². The minimum atomic E-state index is -0.691. The van der Waals surface area contributed by atoms with Crippen LogP contribution in [0.5, 0.6) is 0 Å². The number of aromatic nitrogens is 4. The topological polar surface area (TPSA) is 150 Å². The van der Waals surface area contributed by atoms with Gasteiger partial charge in [0.05, 0.1) is 11.1 Å². The minimum Gasteiger partial charge on any atom is -0.381 e. The molecule has 0 radical (unpaired) electrons. The quantitative estimate of drug-likeness (QED) is 0.525. The average Bonchev–Trinajstić information content (AvgIpc) is 3.09. The number of amides is 1. The highest BCUT2D eigenvalue weighted by Crippen LogP contribution is 2.50. The number of anilines is 2. The SMILES string of the molecule is NC(=O)c1nc(Sc2ccnc(N)c2F)cnc1N1CCC2(CC1)Cc1ncccc1[C@H]2N. The molecule has 3 aromatic heterocycles. The van der Waals surface area contributed by atoms with Crippen molar-refractivity contribution in [3.05, 3.63) is 59.6 Å². The van der Waals surface area contributed by atoms with Crippen LogP contribution in [0, 0.1) is 11.2 Å². The standard InChI is InChI=1S/C22H23FN8OS/c23-16-14(3-7-28-19(16)25)33-15-11-29-21(17(30-15)20(26)32)31-8-4-22(5-9-31)10-13-12(18(22)24)2-1-6-27-13/h1-3,6-7,11,18H,4-5,8-10,24H2,(H2,25,28)(H2,26,32)/t18-/m1/s1. The molecule has 4 heterocycles. The Kier molecular flexibility index (Phi) is 5.37. The number of pyridine rings is 2. The fraction of sp³-hybridized carbons (Fsp3) is 0.318. The van der Waals surface area contributed by atoms with Crippen molar-refractivity contribution in [2.24, 2.45) is 16.9 Å². The van der Waals surface area contributed by atoms with Crippen LogP contribution in [0.4, 0.5) is 16.0 Å². The van der Waals surface area contributed by atoms with Gasteiger partial charge in [-0.2, -0.15) is 0 Å². The molecular formula is C22H23FN8OS. The Morgan fingerprint density at radius 2 is 1.97 bits per heavy atom. The number of primary amides is 1. The fourth-order valence-electron chi connectivity index (χ4n) is 4.75. The fourth-order valence-corrected chi connectivity index (χ4v) is 5.54. The van der Waals surface area contributed by atoms with Gasteiger partial charge in [-0.1, -0.05) is 17.8 Å². The Hall–Kier alpha value is -3.31. The van der Waals surface area contributed by atoms with Gasteiger partial charge in [-0.05, 0) is 42.4 Å². The molecule has 1 spiro atoms. The highest BCUT2D eigenvalue weighted by Gasteiger charge is 2.47. The van der Waals surface area contributed by atoms with Crippen molar-refractivity contribution >= 4 is 29.3 Å². The summed E-state index contributed by atoms with van der Waals surface area (Å²) in [7, 11) is 0. The van der Waals surface area contributed by atoms with Gasteiger partial charge in [0.2, 0.25) is 0 Å². The summed E-state index contributed by atoms with van der Waals surface area (Å²) in [4.78, 5) is 31.5. The van der Waals surface area contributed by atoms with E-state index in [1.807, 2.05) is 11.0 Å². The van der Waals surface area contributed by atoms with Crippen molar-refractivity contribution < 1.29 is 9.18 Å². The molecule has 0 bridgehead atoms. The van der Waals surface area contributed by atoms with E-state index in [1.165, 1.54) is 18.5 Å². The van der Waals surface area contributed by atoms with Crippen molar-refractivity contribution in [2.75, 3.05) is 23.7 Å². The van der Waals surface area contributed by atoms with Gasteiger partial charge in [0.15, 0.2) is 23.1 Å². The van der Waals surface area contributed by atoms with Crippen LogP contribution in [-0.4, -0.2) is 38.9 Å². The Balaban J connectivity index is 1.36. The molecule has 2 aliphatic rings. The maximum atomic E-state index is 14.2. The maximum Gasteiger partial charge on any atom is 0.271 e. The van der Waals surface area contributed by atoms with Gasteiger partial charge in [-0.3, -0.25) is 9.78 Å². The molecule has 0 saturated carbocycles. The summed E-state index contributed by atoms with van der Waals surface area (Å²) in [5.41, 5.74) is 20.0. The molecule has 1 fully saturated rings. The molecule has 5 rings (SSSR count). The van der Waals surface area contributed by atoms with Crippen LogP contribution >= 0.6 is 11.8 Å². The van der Waals surface area contributed by atoms with E-state index in [4.69, 9.17) is 17.2 Å². The number of rotatable bonds is 4. The largest absolute Gasteiger partial charge is 0.381 e. The van der Waals surface area contributed by atoms with Gasteiger partial charge in [0.1, 0.15) is 5.03 Å². The summed E-state index contributed by atoms with van der Waals surface area (Å²) >= 11 is 1.01. The van der Waals surface area contributed by atoms with E-state index in [0.29, 0.717) is 23.9 Å². The number of fused-ring (bicyclic) bond motifs is 1. The lowest BCUT2D eigenvalue weighted by molar-refractivity contribution is 0.0994. The zero-order chi connectivity index (χ0) is 23.2. The zero-order valence-corrected chi connectivity index (χ0v) is 18.6. The van der Waals surface area contributed by atoms with Crippen molar-refractivity contribution in [1.82, 2.24) is 19.9 Å². The molecule has 11 heteroatoms. The lowest BCUT2D eigenvalue weighted by atomic mass is 9.73. The number of piperidine rings is 1. The second kappa shape index (κ2) is 8.23. The van der Waals surface area contributed by atoms with E-state index in [1.54, 1.807) is 6.20 Å². The molecule has 3 aromatic rings. The molecule has 6 N–H and O–H groups in total. The molecule has 1 aliphatic carbocycles. The van der Waals surface area contributed by atoms with E-state index >= 15 is 0 Å². The van der Waals surface area contributed by atoms with E-state index in [9.17, 15) is 9.18 Å². The van der Waals surface area contributed by atoms with E-state index in [2.05, 4.69) is 26.0 Å². The molecule has 9 nitrogen and oxygen atoms in total. The first-order valence-corrected chi connectivity index (χ1v) is 11.4. The van der Waals surface area contributed by atoms with Crippen LogP contribution in [-0.2, 0) is 6.42 Å². The zero-order valence-electron chi connectivity index (χ0n) is 17.7. The predicted molar refractivity (Wildman–Crippen MR) is 122 cm³/mol. The highest BCUT2D eigenvalue weighted by atomic mass is 32.2. The first-order chi connectivity index (χ1) is 15.9. The van der Waals surface area contributed by atoms with Gasteiger partial charge >= 0.3 is 0 Å². The highest BCUT2D eigenvalue weighted by molar-refractivity contribution is 7.99. The molecule has 1 aliphatic heterocycles. The third-order valence-corrected chi connectivity index (χ3v) is 7.50. The van der Waals surface area contributed by atoms with Gasteiger partial charge in [-0.15, -0.1) is 0 Å². The molecule has 1 atom stereocenters. The normalized spacial score (nSPS) is 19.0. The van der Waals surface area contributed by atoms with Crippen molar-refractivity contribution in [1.29, 1.82) is 0 Å². The Morgan fingerprint density at radius 3 is 2.70 bits per heavy atom. The number of hydrogen-bond donors (Lipinski definition) is 3. The van der Waals surface area contributed by atoms with E-state index < -0.39 is 11.7 Å². The van der Waals surface area contributed by atoms with Crippen molar-refractivity contribution in [3.63, 3.8) is 0 Å². The second-order valence-electron chi connectivity index (χ2n) is 8.40. The summed E-state index contributed by atoms with van der Waals surface area (Å²) in [5, 5.41) is 0.338. The van der Waals surface area contributed by atoms with Crippen LogP contribution in [0.3, 0.4) is 0 Å². The minimum absolute atomic E-state index is 0.0535. The van der Waals surface area contributed by atoms with Crippen LogP contribution < -0.4 is 22.1 Å². The van der Waals surface area contributed by atoms with Crippen molar-refractivity contribution in [3.8, 4) is 0 Å². The van der Waals surface area contributed by atoms with E-state index in [-0.39, 0.29) is 27.9 Å². The number of nitrogens with two attached hydrogens (primary N) is 3. The number of carbonyl (C=O) groups excluding carboxylic acids is 1. The number of halogens is 1. The number of nitrogens with zero attached hydrogens (tertiary/aromatic N) is 5. The second-order valence-corrected chi connectivity index (χ2v) is 9.46. The number of carbonyl (C=O) groups is 1. The van der Waals surface area contributed by atoms with Gasteiger partial charge in [0, 0.05) is 37.2 Å². The van der Waals surface area contributed by atoms with Gasteiger partial charge in [0.25, 0.3) is 5.91 Å². The molecule has 170 valence electrons. The number of nitrogen functional groups attached to an aromatic ring is 1. The first kappa shape index (κ1) is 21.5. The Bertz CT molecular complexity index is 1230. The average molecular weight is 467 g/mol. The van der Waals surface area contributed by atoms with Crippen LogP contribution in [0.15, 0.2) is 46.7 Å². The summed E-state index contributed by atoms with van der Waals surface area (Å²) in [6.45, 7) is 1.33. The van der Waals surface area contributed by atoms with Crippen LogP contribution in [0.25, 0.3) is 0 Å². The smallest absolute Gasteiger partial charge is 0.271 e. The Labute approximate surface area is 194 Å². The van der Waals surface area contributed by atoms with Gasteiger partial charge < -0.3 is 22.1 Å². The summed E-state index contributed by atoms with van der Waals surface area (Å²) in [6.07, 6.45) is 7.24. The third kappa shape index (κ3) is 3.76. The van der Waals surface area contributed by atoms with E-state index in [0.717, 1.165) is 42.3 Å². The summed E-state index contributed by atoms with van der Waals surface area (Å²) in [5.74, 6) is -1.11.